The Morgan fingerprint density at radius 1 is 0.912 bits per heavy atom. The maximum atomic E-state index is 13.4. The number of hydrogen-bond donors (Lipinski definition) is 1. The van der Waals surface area contributed by atoms with Crippen LogP contribution in [-0.2, 0) is 19.7 Å². The molecule has 2 aromatic carbocycles. The fourth-order valence-electron chi connectivity index (χ4n) is 3.73. The number of nitrogens with two attached hydrogens (primary N) is 1. The van der Waals surface area contributed by atoms with E-state index in [1.54, 1.807) is 19.1 Å². The maximum absolute atomic E-state index is 13.4. The molecule has 2 aromatic rings. The van der Waals surface area contributed by atoms with E-state index < -0.39 is 31.2 Å². The summed E-state index contributed by atoms with van der Waals surface area (Å²) in [6, 6.07) is 7.29. The van der Waals surface area contributed by atoms with Crippen LogP contribution in [0.2, 0.25) is 0 Å². The molecule has 0 unspecified atom stereocenters. The van der Waals surface area contributed by atoms with Crippen LogP contribution in [0, 0.1) is 0 Å². The van der Waals surface area contributed by atoms with Gasteiger partial charge in [-0.15, -0.1) is 0 Å². The number of hydrogen-bond acceptors (Lipinski definition) is 8. The molecule has 0 heterocycles. The molecule has 2 N–H and O–H groups in total. The van der Waals surface area contributed by atoms with Gasteiger partial charge in [-0.1, -0.05) is 30.8 Å². The lowest BCUT2D eigenvalue weighted by Crippen LogP contribution is -2.24. The SMILES string of the molecule is C=C(C)C(=Nc1cc(S(C)(=O)=O)c(N)c2c1C(=O)c1ccccc1C2=O)C(C)=C(C)S(C)(=O)=O. The third-order valence-electron chi connectivity index (χ3n) is 5.65. The molecule has 0 atom stereocenters. The summed E-state index contributed by atoms with van der Waals surface area (Å²) in [5.74, 6) is -1.14. The van der Waals surface area contributed by atoms with E-state index in [1.165, 1.54) is 26.0 Å². The second-order valence-corrected chi connectivity index (χ2v) is 12.4. The number of allylic oxidation sites excluding steroid dienone is 3. The van der Waals surface area contributed by atoms with Gasteiger partial charge in [0.25, 0.3) is 0 Å². The minimum atomic E-state index is -3.91. The molecule has 0 aliphatic heterocycles. The molecule has 0 spiro atoms. The monoisotopic (exact) mass is 500 g/mol. The lowest BCUT2D eigenvalue weighted by atomic mass is 9.82. The molecule has 34 heavy (non-hydrogen) atoms. The Labute approximate surface area is 198 Å². The molecule has 8 nitrogen and oxygen atoms in total. The summed E-state index contributed by atoms with van der Waals surface area (Å²) >= 11 is 0. The number of nitrogen functional groups attached to an aromatic ring is 1. The molecule has 3 rings (SSSR count). The highest BCUT2D eigenvalue weighted by atomic mass is 32.2. The van der Waals surface area contributed by atoms with Gasteiger partial charge in [0.05, 0.1) is 33.1 Å². The van der Waals surface area contributed by atoms with Crippen LogP contribution in [0.25, 0.3) is 0 Å². The number of nitrogens with zero attached hydrogens (tertiary/aromatic N) is 1. The average molecular weight is 501 g/mol. The van der Waals surface area contributed by atoms with Gasteiger partial charge in [-0.05, 0) is 38.0 Å². The van der Waals surface area contributed by atoms with Gasteiger partial charge in [-0.25, -0.2) is 21.8 Å². The number of anilines is 1. The van der Waals surface area contributed by atoms with E-state index in [9.17, 15) is 26.4 Å². The van der Waals surface area contributed by atoms with Crippen molar-refractivity contribution in [3.8, 4) is 0 Å². The van der Waals surface area contributed by atoms with Crippen LogP contribution in [0.3, 0.4) is 0 Å². The Balaban J connectivity index is 2.51. The first-order chi connectivity index (χ1) is 15.6. The predicted molar refractivity (Wildman–Crippen MR) is 132 cm³/mol. The first kappa shape index (κ1) is 25.3. The van der Waals surface area contributed by atoms with Gasteiger partial charge in [-0.3, -0.25) is 9.59 Å². The lowest BCUT2D eigenvalue weighted by Gasteiger charge is -2.22. The van der Waals surface area contributed by atoms with Crippen molar-refractivity contribution in [1.29, 1.82) is 0 Å². The van der Waals surface area contributed by atoms with Gasteiger partial charge in [0.2, 0.25) is 0 Å². The molecule has 0 saturated heterocycles. The van der Waals surface area contributed by atoms with Crippen molar-refractivity contribution in [3.63, 3.8) is 0 Å². The van der Waals surface area contributed by atoms with E-state index >= 15 is 0 Å². The van der Waals surface area contributed by atoms with Crippen LogP contribution < -0.4 is 5.73 Å². The van der Waals surface area contributed by atoms with Crippen molar-refractivity contribution in [1.82, 2.24) is 0 Å². The van der Waals surface area contributed by atoms with Crippen LogP contribution in [0.15, 0.2) is 62.9 Å². The number of carbonyl (C=O) groups is 2. The second-order valence-electron chi connectivity index (χ2n) is 8.23. The molecule has 0 aromatic heterocycles. The van der Waals surface area contributed by atoms with Crippen molar-refractivity contribution < 1.29 is 26.4 Å². The van der Waals surface area contributed by atoms with Crippen molar-refractivity contribution in [2.24, 2.45) is 4.99 Å². The number of fused-ring (bicyclic) bond motifs is 2. The van der Waals surface area contributed by atoms with E-state index in [-0.39, 0.29) is 54.7 Å². The topological polar surface area (TPSA) is 141 Å². The molecular weight excluding hydrogens is 476 g/mol. The Morgan fingerprint density at radius 3 is 1.85 bits per heavy atom. The summed E-state index contributed by atoms with van der Waals surface area (Å²) in [5.41, 5.74) is 6.33. The van der Waals surface area contributed by atoms with Crippen LogP contribution in [0.4, 0.5) is 11.4 Å². The van der Waals surface area contributed by atoms with Crippen LogP contribution >= 0.6 is 0 Å². The minimum absolute atomic E-state index is 0.0367. The van der Waals surface area contributed by atoms with E-state index in [0.717, 1.165) is 18.6 Å². The molecule has 1 aliphatic carbocycles. The summed E-state index contributed by atoms with van der Waals surface area (Å²) in [5, 5.41) is 0. The second kappa shape index (κ2) is 8.44. The van der Waals surface area contributed by atoms with Gasteiger partial charge < -0.3 is 5.73 Å². The van der Waals surface area contributed by atoms with Gasteiger partial charge >= 0.3 is 0 Å². The molecule has 0 bridgehead atoms. The van der Waals surface area contributed by atoms with Crippen LogP contribution in [-0.4, -0.2) is 46.6 Å². The highest BCUT2D eigenvalue weighted by molar-refractivity contribution is 7.94. The first-order valence-electron chi connectivity index (χ1n) is 10.0. The summed E-state index contributed by atoms with van der Waals surface area (Å²) < 4.78 is 49.2. The summed E-state index contributed by atoms with van der Waals surface area (Å²) in [4.78, 5) is 30.9. The number of sulfone groups is 2. The number of rotatable bonds is 5. The minimum Gasteiger partial charge on any atom is -0.397 e. The molecular formula is C24H24N2O6S2. The van der Waals surface area contributed by atoms with Crippen molar-refractivity contribution in [3.05, 3.63) is 75.2 Å². The van der Waals surface area contributed by atoms with Crippen LogP contribution in [0.5, 0.6) is 0 Å². The largest absolute Gasteiger partial charge is 0.397 e. The van der Waals surface area contributed by atoms with Crippen molar-refractivity contribution >= 4 is 48.3 Å². The summed E-state index contributed by atoms with van der Waals surface area (Å²) in [6.45, 7) is 8.40. The molecule has 1 aliphatic rings. The Bertz CT molecular complexity index is 1580. The highest BCUT2D eigenvalue weighted by Gasteiger charge is 2.36. The number of aliphatic imine (C=N–C) groups is 1. The zero-order valence-electron chi connectivity index (χ0n) is 19.4. The van der Waals surface area contributed by atoms with Gasteiger partial charge in [0.1, 0.15) is 0 Å². The smallest absolute Gasteiger partial charge is 0.196 e. The van der Waals surface area contributed by atoms with Gasteiger partial charge in [0.15, 0.2) is 31.2 Å². The standard InChI is InChI=1S/C24H24N2O6S2/c1-12(2)22(13(3)14(4)33(5,29)30)26-17-11-18(34(6,31)32)21(25)20-19(17)23(27)15-9-7-8-10-16(15)24(20)28/h7-11H,1,25H2,2-6H3. The molecule has 0 saturated carbocycles. The van der Waals surface area contributed by atoms with E-state index in [0.29, 0.717) is 5.57 Å². The fraction of sp³-hybridized carbons (Fsp3) is 0.208. The lowest BCUT2D eigenvalue weighted by molar-refractivity contribution is 0.0980. The number of carbonyl (C=O) groups excluding carboxylic acids is 2. The average Bonchev–Trinajstić information content (AvgIpc) is 2.73. The Kier molecular flexibility index (Phi) is 6.27. The summed E-state index contributed by atoms with van der Waals surface area (Å²) in [7, 11) is -7.48. The molecule has 0 radical (unpaired) electrons. The zero-order chi connectivity index (χ0) is 25.7. The fourth-order valence-corrected chi connectivity index (χ4v) is 5.21. The highest BCUT2D eigenvalue weighted by Crippen LogP contribution is 2.40. The van der Waals surface area contributed by atoms with E-state index in [2.05, 4.69) is 11.6 Å². The van der Waals surface area contributed by atoms with Gasteiger partial charge in [0, 0.05) is 28.5 Å². The van der Waals surface area contributed by atoms with Crippen molar-refractivity contribution in [2.75, 3.05) is 18.2 Å². The molecule has 10 heteroatoms. The number of ketones is 2. The summed E-state index contributed by atoms with van der Waals surface area (Å²) in [6.07, 6.45) is 1.98. The normalized spacial score (nSPS) is 14.9. The maximum Gasteiger partial charge on any atom is 0.196 e. The third kappa shape index (κ3) is 4.26. The zero-order valence-corrected chi connectivity index (χ0v) is 21.0. The molecule has 0 fully saturated rings. The first-order valence-corrected chi connectivity index (χ1v) is 13.8. The van der Waals surface area contributed by atoms with E-state index in [1.807, 2.05) is 0 Å². The molecule has 0 amide bonds. The molecule has 178 valence electrons. The van der Waals surface area contributed by atoms with Crippen molar-refractivity contribution in [2.45, 2.75) is 25.7 Å². The number of benzene rings is 2. The third-order valence-corrected chi connectivity index (χ3v) is 8.21. The van der Waals surface area contributed by atoms with E-state index in [4.69, 9.17) is 5.73 Å². The van der Waals surface area contributed by atoms with Gasteiger partial charge in [-0.2, -0.15) is 0 Å². The predicted octanol–water partition coefficient (Wildman–Crippen LogP) is 3.43. The quantitative estimate of drug-likeness (QED) is 0.418. The Morgan fingerprint density at radius 2 is 1.41 bits per heavy atom. The van der Waals surface area contributed by atoms with Crippen LogP contribution in [0.1, 0.15) is 52.6 Å². The Hall–Kier alpha value is -3.37.